The Morgan fingerprint density at radius 2 is 0.434 bits per heavy atom. The van der Waals surface area contributed by atoms with Crippen molar-refractivity contribution in [2.45, 2.75) is 489 Å². The molecular formula is C93H183N3O10. The van der Waals surface area contributed by atoms with Gasteiger partial charge >= 0.3 is 23.9 Å². The molecule has 630 valence electrons. The zero-order valence-corrected chi connectivity index (χ0v) is 71.5. The first-order chi connectivity index (χ1) is 52.1. The van der Waals surface area contributed by atoms with E-state index < -0.39 is 12.2 Å². The lowest BCUT2D eigenvalue weighted by Crippen LogP contribution is -2.39. The van der Waals surface area contributed by atoms with Crippen LogP contribution in [-0.2, 0) is 38.1 Å². The van der Waals surface area contributed by atoms with E-state index in [9.17, 15) is 29.4 Å². The molecule has 0 rings (SSSR count). The van der Waals surface area contributed by atoms with Gasteiger partial charge in [-0.05, 0) is 122 Å². The first-order valence-electron chi connectivity index (χ1n) is 47.2. The number of ether oxygens (including phenoxy) is 4. The van der Waals surface area contributed by atoms with Gasteiger partial charge in [-0.15, -0.1) is 0 Å². The lowest BCUT2D eigenvalue weighted by atomic mass is 9.92. The fraction of sp³-hybridized carbons (Fsp3) is 0.957. The third-order valence-corrected chi connectivity index (χ3v) is 22.5. The topological polar surface area (TPSA) is 173 Å². The van der Waals surface area contributed by atoms with E-state index in [4.69, 9.17) is 18.9 Å². The van der Waals surface area contributed by atoms with Crippen LogP contribution in [0.4, 0.5) is 0 Å². The second kappa shape index (κ2) is 86.7. The second-order valence-electron chi connectivity index (χ2n) is 32.9. The van der Waals surface area contributed by atoms with E-state index in [2.05, 4.69) is 50.3 Å². The molecule has 0 aromatic rings. The molecule has 13 nitrogen and oxygen atoms in total. The van der Waals surface area contributed by atoms with E-state index in [1.807, 2.05) is 0 Å². The number of unbranched alkanes of at least 4 members (excludes halogenated alkanes) is 54. The highest BCUT2D eigenvalue weighted by Gasteiger charge is 2.21. The van der Waals surface area contributed by atoms with Crippen LogP contribution in [0.25, 0.3) is 0 Å². The van der Waals surface area contributed by atoms with Crippen molar-refractivity contribution in [3.8, 4) is 0 Å². The van der Waals surface area contributed by atoms with Gasteiger partial charge in [0.2, 0.25) is 0 Å². The summed E-state index contributed by atoms with van der Waals surface area (Å²) in [5.41, 5.74) is 0. The zero-order chi connectivity index (χ0) is 77.0. The molecule has 0 aromatic heterocycles. The minimum atomic E-state index is -0.448. The molecule has 0 spiro atoms. The number of nitrogens with one attached hydrogen (secondary N) is 2. The molecule has 4 unspecified atom stereocenters. The maximum absolute atomic E-state index is 12.6. The number of rotatable bonds is 90. The first kappa shape index (κ1) is 104. The van der Waals surface area contributed by atoms with Crippen molar-refractivity contribution in [3.63, 3.8) is 0 Å². The van der Waals surface area contributed by atoms with E-state index in [0.29, 0.717) is 78.0 Å². The molecule has 0 aliphatic carbocycles. The maximum atomic E-state index is 12.6. The van der Waals surface area contributed by atoms with Gasteiger partial charge in [0.1, 0.15) is 0 Å². The van der Waals surface area contributed by atoms with Gasteiger partial charge in [-0.2, -0.15) is 0 Å². The second-order valence-corrected chi connectivity index (χ2v) is 32.9. The molecule has 0 radical (unpaired) electrons. The molecule has 0 aliphatic heterocycles. The summed E-state index contributed by atoms with van der Waals surface area (Å²) >= 11 is 0. The predicted molar refractivity (Wildman–Crippen MR) is 452 cm³/mol. The SMILES string of the molecule is CCCCCCCCCCCCCCCC(=O)OCCCCCC(O)C(CCCCOC(=O)CCCCCCCCCCCCCCC)CNCCN(C)CCNCC(CCCCOC(=O)CCCCCCCCCCCCCCC)C(O)CCCCCOC(=O)CCCCCCCCCCCCCCC. The normalized spacial score (nSPS) is 12.8. The quantitative estimate of drug-likeness (QED) is 0.0258. The fourth-order valence-electron chi connectivity index (χ4n) is 15.0. The number of nitrogens with zero attached hydrogens (tertiary/aromatic N) is 1. The van der Waals surface area contributed by atoms with E-state index in [1.165, 1.54) is 283 Å². The van der Waals surface area contributed by atoms with Gasteiger partial charge in [-0.3, -0.25) is 19.2 Å². The van der Waals surface area contributed by atoms with Crippen LogP contribution in [0, 0.1) is 11.8 Å². The molecule has 0 aromatic carbocycles. The zero-order valence-electron chi connectivity index (χ0n) is 71.5. The lowest BCUT2D eigenvalue weighted by Gasteiger charge is -2.25. The molecule has 13 heteroatoms. The van der Waals surface area contributed by atoms with Crippen LogP contribution in [0.1, 0.15) is 477 Å². The van der Waals surface area contributed by atoms with Gasteiger partial charge in [-0.1, -0.05) is 349 Å². The van der Waals surface area contributed by atoms with E-state index in [-0.39, 0.29) is 35.7 Å². The van der Waals surface area contributed by atoms with Crippen molar-refractivity contribution in [2.24, 2.45) is 11.8 Å². The highest BCUT2D eigenvalue weighted by Crippen LogP contribution is 2.23. The Bertz CT molecular complexity index is 1670. The molecule has 4 N–H and O–H groups in total. The summed E-state index contributed by atoms with van der Waals surface area (Å²) in [6, 6.07) is 0. The number of carbonyl (C=O) groups is 4. The third-order valence-electron chi connectivity index (χ3n) is 22.5. The highest BCUT2D eigenvalue weighted by atomic mass is 16.5. The summed E-state index contributed by atoms with van der Waals surface area (Å²) in [7, 11) is 2.15. The van der Waals surface area contributed by atoms with Crippen LogP contribution in [0.3, 0.4) is 0 Å². The minimum Gasteiger partial charge on any atom is -0.466 e. The van der Waals surface area contributed by atoms with Crippen LogP contribution < -0.4 is 10.6 Å². The first-order valence-corrected chi connectivity index (χ1v) is 47.2. The van der Waals surface area contributed by atoms with Gasteiger partial charge in [0.05, 0.1) is 38.6 Å². The van der Waals surface area contributed by atoms with Gasteiger partial charge in [-0.25, -0.2) is 0 Å². The molecule has 0 bridgehead atoms. The summed E-state index contributed by atoms with van der Waals surface area (Å²) in [4.78, 5) is 52.6. The van der Waals surface area contributed by atoms with Gasteiger partial charge in [0.25, 0.3) is 0 Å². The third kappa shape index (κ3) is 79.8. The number of aliphatic hydroxyl groups excluding tert-OH is 2. The van der Waals surface area contributed by atoms with Gasteiger partial charge in [0, 0.05) is 65.0 Å². The van der Waals surface area contributed by atoms with Crippen molar-refractivity contribution in [1.29, 1.82) is 0 Å². The van der Waals surface area contributed by atoms with Crippen LogP contribution >= 0.6 is 0 Å². The van der Waals surface area contributed by atoms with Crippen molar-refractivity contribution in [3.05, 3.63) is 0 Å². The van der Waals surface area contributed by atoms with E-state index >= 15 is 0 Å². The van der Waals surface area contributed by atoms with Crippen molar-refractivity contribution >= 4 is 23.9 Å². The Hall–Kier alpha value is -2.32. The Kier molecular flexibility index (Phi) is 84.8. The smallest absolute Gasteiger partial charge is 0.305 e. The summed E-state index contributed by atoms with van der Waals surface area (Å²) in [5.74, 6) is -0.167. The molecular weight excluding hydrogens is 1320 g/mol. The lowest BCUT2D eigenvalue weighted by molar-refractivity contribution is -0.144. The molecule has 0 saturated heterocycles. The molecule has 106 heavy (non-hydrogen) atoms. The number of esters is 4. The standard InChI is InChI=1S/C93H183N3O10/c1-6-10-14-18-22-26-30-34-38-42-46-50-58-72-90(99)103-80-64-54-56-70-88(97)86(68-62-66-82-105-92(101)74-60-52-48-44-40-36-32-28-24-20-16-12-8-3)84-94-76-78-96(5)79-77-95-85-87(69-63-67-83-106-93(102)75-61-53-49-45-41-37-33-29-25-21-17-13-9-4)89(98)71-57-55-65-81-104-91(100)73-59-51-47-43-39-35-31-27-23-19-15-11-7-2/h86-89,94-95,97-98H,6-85H2,1-5H3. The van der Waals surface area contributed by atoms with Crippen LogP contribution in [0.15, 0.2) is 0 Å². The predicted octanol–water partition coefficient (Wildman–Crippen LogP) is 25.6. The number of hydrogen-bond donors (Lipinski definition) is 4. The number of carbonyl (C=O) groups excluding carboxylic acids is 4. The monoisotopic (exact) mass is 1500 g/mol. The largest absolute Gasteiger partial charge is 0.466 e. The molecule has 0 saturated carbocycles. The molecule has 4 atom stereocenters. The van der Waals surface area contributed by atoms with Crippen LogP contribution in [0.5, 0.6) is 0 Å². The Balaban J connectivity index is 5.11. The highest BCUT2D eigenvalue weighted by molar-refractivity contribution is 5.70. The van der Waals surface area contributed by atoms with E-state index in [1.54, 1.807) is 0 Å². The number of likely N-dealkylation sites (N-methyl/N-ethyl adjacent to an activating group) is 1. The van der Waals surface area contributed by atoms with Crippen molar-refractivity contribution < 1.29 is 48.3 Å². The van der Waals surface area contributed by atoms with Gasteiger partial charge < -0.3 is 44.7 Å². The Morgan fingerprint density at radius 1 is 0.255 bits per heavy atom. The van der Waals surface area contributed by atoms with Crippen molar-refractivity contribution in [2.75, 3.05) is 72.7 Å². The summed E-state index contributed by atoms with van der Waals surface area (Å²) in [5, 5.41) is 30.6. The average molecular weight is 1500 g/mol. The maximum Gasteiger partial charge on any atom is 0.305 e. The molecule has 0 fully saturated rings. The molecule has 0 aliphatic rings. The van der Waals surface area contributed by atoms with Crippen molar-refractivity contribution in [1.82, 2.24) is 15.5 Å². The fourth-order valence-corrected chi connectivity index (χ4v) is 15.0. The van der Waals surface area contributed by atoms with E-state index in [0.717, 1.165) is 155 Å². The number of hydrogen-bond acceptors (Lipinski definition) is 13. The van der Waals surface area contributed by atoms with Gasteiger partial charge in [0.15, 0.2) is 0 Å². The Labute approximate surface area is 658 Å². The number of aliphatic hydroxyl groups is 2. The minimum absolute atomic E-state index is 0.0793. The molecule has 0 heterocycles. The van der Waals surface area contributed by atoms with Crippen LogP contribution in [0.2, 0.25) is 0 Å². The summed E-state index contributed by atoms with van der Waals surface area (Å²) in [6.07, 6.45) is 79.6. The summed E-state index contributed by atoms with van der Waals surface area (Å²) < 4.78 is 22.6. The average Bonchev–Trinajstić information content (AvgIpc) is 1.28. The Morgan fingerprint density at radius 3 is 0.651 bits per heavy atom. The molecule has 0 amide bonds. The summed E-state index contributed by atoms with van der Waals surface area (Å²) in [6.45, 7) is 15.6. The van der Waals surface area contributed by atoms with Crippen LogP contribution in [-0.4, -0.2) is 124 Å².